The largest absolute Gasteiger partial charge is 0.494 e. The third kappa shape index (κ3) is 2.24. The first kappa shape index (κ1) is 12.6. The highest BCUT2D eigenvalue weighted by molar-refractivity contribution is 5.58. The summed E-state index contributed by atoms with van der Waals surface area (Å²) in [5.41, 5.74) is 8.86. The van der Waals surface area contributed by atoms with Crippen molar-refractivity contribution in [2.75, 3.05) is 6.61 Å². The Morgan fingerprint density at radius 2 is 1.94 bits per heavy atom. The number of aromatic nitrogens is 2. The fraction of sp³-hybridized carbons (Fsp3) is 0.357. The molecular formula is C14H19N3O. The number of aryl methyl sites for hydroxylation is 1. The molecule has 0 spiro atoms. The molecule has 1 aromatic carbocycles. The second-order valence-corrected chi connectivity index (χ2v) is 4.19. The summed E-state index contributed by atoms with van der Waals surface area (Å²) >= 11 is 0. The number of benzene rings is 1. The van der Waals surface area contributed by atoms with Crippen molar-refractivity contribution in [3.8, 4) is 17.1 Å². The van der Waals surface area contributed by atoms with E-state index in [1.807, 2.05) is 49.7 Å². The van der Waals surface area contributed by atoms with Crippen LogP contribution in [0.4, 0.5) is 0 Å². The molecule has 0 amide bonds. The van der Waals surface area contributed by atoms with E-state index < -0.39 is 0 Å². The van der Waals surface area contributed by atoms with E-state index in [4.69, 9.17) is 10.5 Å². The molecule has 0 saturated carbocycles. The topological polar surface area (TPSA) is 53.1 Å². The number of imidazole rings is 1. The summed E-state index contributed by atoms with van der Waals surface area (Å²) in [6.45, 7) is 5.15. The maximum absolute atomic E-state index is 5.73. The van der Waals surface area contributed by atoms with Crippen molar-refractivity contribution < 1.29 is 4.74 Å². The molecule has 0 saturated heterocycles. The smallest absolute Gasteiger partial charge is 0.140 e. The lowest BCUT2D eigenvalue weighted by atomic mass is 10.2. The van der Waals surface area contributed by atoms with Crippen molar-refractivity contribution in [1.82, 2.24) is 9.55 Å². The molecule has 1 aromatic heterocycles. The second-order valence-electron chi connectivity index (χ2n) is 4.19. The summed E-state index contributed by atoms with van der Waals surface area (Å²) in [5, 5.41) is 0. The molecule has 0 radical (unpaired) electrons. The molecule has 1 heterocycles. The number of ether oxygens (including phenoxy) is 1. The predicted octanol–water partition coefficient (Wildman–Crippen LogP) is 2.25. The fourth-order valence-electron chi connectivity index (χ4n) is 2.08. The highest BCUT2D eigenvalue weighted by Gasteiger charge is 2.11. The molecular weight excluding hydrogens is 226 g/mol. The van der Waals surface area contributed by atoms with Gasteiger partial charge >= 0.3 is 0 Å². The third-order valence-electron chi connectivity index (χ3n) is 3.03. The predicted molar refractivity (Wildman–Crippen MR) is 72.4 cm³/mol. The van der Waals surface area contributed by atoms with Gasteiger partial charge in [0.15, 0.2) is 0 Å². The van der Waals surface area contributed by atoms with Gasteiger partial charge in [-0.05, 0) is 38.1 Å². The molecule has 2 N–H and O–H groups in total. The lowest BCUT2D eigenvalue weighted by Crippen LogP contribution is -2.05. The molecule has 2 aromatic rings. The average Bonchev–Trinajstić information content (AvgIpc) is 2.66. The summed E-state index contributed by atoms with van der Waals surface area (Å²) in [6.07, 6.45) is 0. The van der Waals surface area contributed by atoms with E-state index in [0.29, 0.717) is 13.2 Å². The van der Waals surface area contributed by atoms with Crippen LogP contribution < -0.4 is 10.5 Å². The summed E-state index contributed by atoms with van der Waals surface area (Å²) in [7, 11) is 1.99. The van der Waals surface area contributed by atoms with E-state index in [0.717, 1.165) is 28.5 Å². The fourth-order valence-corrected chi connectivity index (χ4v) is 2.08. The molecule has 18 heavy (non-hydrogen) atoms. The van der Waals surface area contributed by atoms with Crippen LogP contribution in [0, 0.1) is 6.92 Å². The Labute approximate surface area is 107 Å². The number of nitrogens with two attached hydrogens (primary N) is 1. The molecule has 0 fully saturated rings. The first-order chi connectivity index (χ1) is 8.67. The van der Waals surface area contributed by atoms with Crippen LogP contribution >= 0.6 is 0 Å². The van der Waals surface area contributed by atoms with Gasteiger partial charge in [-0.15, -0.1) is 0 Å². The first-order valence-corrected chi connectivity index (χ1v) is 6.12. The Morgan fingerprint density at radius 3 is 2.44 bits per heavy atom. The Hall–Kier alpha value is -1.81. The van der Waals surface area contributed by atoms with Gasteiger partial charge in [0.05, 0.1) is 18.0 Å². The monoisotopic (exact) mass is 245 g/mol. The molecule has 96 valence electrons. The van der Waals surface area contributed by atoms with Crippen molar-refractivity contribution in [3.05, 3.63) is 35.7 Å². The summed E-state index contributed by atoms with van der Waals surface area (Å²) in [4.78, 5) is 4.57. The molecule has 0 unspecified atom stereocenters. The number of hydrogen-bond acceptors (Lipinski definition) is 3. The van der Waals surface area contributed by atoms with Gasteiger partial charge in [-0.2, -0.15) is 0 Å². The molecule has 0 aliphatic rings. The standard InChI is InChI=1S/C14H19N3O/c1-4-18-12-7-5-11(6-8-12)14-16-10(2)13(9-15)17(14)3/h5-8H,4,9,15H2,1-3H3. The second kappa shape index (κ2) is 5.23. The zero-order chi connectivity index (χ0) is 13.1. The van der Waals surface area contributed by atoms with Gasteiger partial charge in [-0.25, -0.2) is 4.98 Å². The minimum Gasteiger partial charge on any atom is -0.494 e. The maximum Gasteiger partial charge on any atom is 0.140 e. The van der Waals surface area contributed by atoms with E-state index in [1.165, 1.54) is 0 Å². The van der Waals surface area contributed by atoms with Gasteiger partial charge < -0.3 is 15.0 Å². The zero-order valence-corrected chi connectivity index (χ0v) is 11.1. The van der Waals surface area contributed by atoms with Crippen LogP contribution in [0.15, 0.2) is 24.3 Å². The van der Waals surface area contributed by atoms with Crippen LogP contribution in [0.25, 0.3) is 11.4 Å². The molecule has 4 nitrogen and oxygen atoms in total. The normalized spacial score (nSPS) is 10.7. The van der Waals surface area contributed by atoms with Crippen LogP contribution in [0.5, 0.6) is 5.75 Å². The Morgan fingerprint density at radius 1 is 1.28 bits per heavy atom. The Bertz CT molecular complexity index is 529. The van der Waals surface area contributed by atoms with Gasteiger partial charge in [0.1, 0.15) is 11.6 Å². The lowest BCUT2D eigenvalue weighted by Gasteiger charge is -2.06. The van der Waals surface area contributed by atoms with Crippen LogP contribution in [0.2, 0.25) is 0 Å². The van der Waals surface area contributed by atoms with Crippen LogP contribution in [-0.4, -0.2) is 16.2 Å². The van der Waals surface area contributed by atoms with Crippen molar-refractivity contribution in [3.63, 3.8) is 0 Å². The average molecular weight is 245 g/mol. The minimum atomic E-state index is 0.506. The molecule has 2 rings (SSSR count). The van der Waals surface area contributed by atoms with Gasteiger partial charge in [-0.3, -0.25) is 0 Å². The highest BCUT2D eigenvalue weighted by atomic mass is 16.5. The summed E-state index contributed by atoms with van der Waals surface area (Å²) in [6, 6.07) is 7.97. The quantitative estimate of drug-likeness (QED) is 0.898. The molecule has 0 aliphatic heterocycles. The van der Waals surface area contributed by atoms with Gasteiger partial charge in [0, 0.05) is 19.2 Å². The molecule has 4 heteroatoms. The van der Waals surface area contributed by atoms with Gasteiger partial charge in [-0.1, -0.05) is 0 Å². The summed E-state index contributed by atoms with van der Waals surface area (Å²) in [5.74, 6) is 1.82. The lowest BCUT2D eigenvalue weighted by molar-refractivity contribution is 0.340. The Balaban J connectivity index is 2.36. The molecule has 0 aliphatic carbocycles. The number of nitrogens with zero attached hydrogens (tertiary/aromatic N) is 2. The zero-order valence-electron chi connectivity index (χ0n) is 11.1. The van der Waals surface area contributed by atoms with Crippen LogP contribution in [0.1, 0.15) is 18.3 Å². The van der Waals surface area contributed by atoms with Crippen molar-refractivity contribution >= 4 is 0 Å². The third-order valence-corrected chi connectivity index (χ3v) is 3.03. The highest BCUT2D eigenvalue weighted by Crippen LogP contribution is 2.23. The van der Waals surface area contributed by atoms with E-state index in [1.54, 1.807) is 0 Å². The first-order valence-electron chi connectivity index (χ1n) is 6.12. The van der Waals surface area contributed by atoms with E-state index >= 15 is 0 Å². The van der Waals surface area contributed by atoms with Gasteiger partial charge in [0.25, 0.3) is 0 Å². The van der Waals surface area contributed by atoms with Crippen LogP contribution in [-0.2, 0) is 13.6 Å². The van der Waals surface area contributed by atoms with Crippen molar-refractivity contribution in [2.24, 2.45) is 12.8 Å². The SMILES string of the molecule is CCOc1ccc(-c2nc(C)c(CN)n2C)cc1. The molecule has 0 atom stereocenters. The van der Waals surface area contributed by atoms with Gasteiger partial charge in [0.2, 0.25) is 0 Å². The number of rotatable bonds is 4. The Kier molecular flexibility index (Phi) is 3.67. The van der Waals surface area contributed by atoms with E-state index in [-0.39, 0.29) is 0 Å². The molecule has 0 bridgehead atoms. The minimum absolute atomic E-state index is 0.506. The van der Waals surface area contributed by atoms with Crippen molar-refractivity contribution in [1.29, 1.82) is 0 Å². The van der Waals surface area contributed by atoms with E-state index in [9.17, 15) is 0 Å². The van der Waals surface area contributed by atoms with Crippen LogP contribution in [0.3, 0.4) is 0 Å². The van der Waals surface area contributed by atoms with E-state index in [2.05, 4.69) is 4.98 Å². The maximum atomic E-state index is 5.73. The summed E-state index contributed by atoms with van der Waals surface area (Å²) < 4.78 is 7.48. The van der Waals surface area contributed by atoms with Crippen molar-refractivity contribution in [2.45, 2.75) is 20.4 Å². The number of hydrogen-bond donors (Lipinski definition) is 1.